The zero-order valence-corrected chi connectivity index (χ0v) is 18.1. The lowest BCUT2D eigenvalue weighted by Crippen LogP contribution is -2.36. The van der Waals surface area contributed by atoms with Crippen LogP contribution >= 0.6 is 0 Å². The molecular formula is C25H28N4O. The van der Waals surface area contributed by atoms with Gasteiger partial charge >= 0.3 is 0 Å². The lowest BCUT2D eigenvalue weighted by atomic mass is 10.0. The summed E-state index contributed by atoms with van der Waals surface area (Å²) in [6.45, 7) is 8.87. The average Bonchev–Trinajstić information content (AvgIpc) is 3.11. The molecular weight excluding hydrogens is 372 g/mol. The number of amides is 1. The lowest BCUT2D eigenvalue weighted by molar-refractivity contribution is -0.133. The third-order valence-corrected chi connectivity index (χ3v) is 5.75. The van der Waals surface area contributed by atoms with Gasteiger partial charge in [-0.3, -0.25) is 4.79 Å². The quantitative estimate of drug-likeness (QED) is 0.464. The molecule has 30 heavy (non-hydrogen) atoms. The first-order valence-electron chi connectivity index (χ1n) is 10.5. The summed E-state index contributed by atoms with van der Waals surface area (Å²) in [5, 5.41) is 5.78. The van der Waals surface area contributed by atoms with Crippen LogP contribution in [0, 0.1) is 13.8 Å². The van der Waals surface area contributed by atoms with Gasteiger partial charge in [0.2, 0.25) is 5.91 Å². The Kier molecular flexibility index (Phi) is 5.53. The zero-order valence-electron chi connectivity index (χ0n) is 18.1. The molecule has 2 aromatic heterocycles. The molecule has 5 nitrogen and oxygen atoms in total. The van der Waals surface area contributed by atoms with Gasteiger partial charge in [0.05, 0.1) is 5.52 Å². The van der Waals surface area contributed by atoms with Crippen molar-refractivity contribution in [2.75, 3.05) is 0 Å². The SMILES string of the molecule is Cc1nc2c3ccccc3nn2c(C)c1CCC(=O)N(Cc1ccccc1)C(C)C. The molecule has 0 atom stereocenters. The second kappa shape index (κ2) is 8.27. The van der Waals surface area contributed by atoms with Crippen molar-refractivity contribution in [2.24, 2.45) is 0 Å². The number of nitrogens with zero attached hydrogens (tertiary/aromatic N) is 4. The van der Waals surface area contributed by atoms with E-state index in [0.717, 1.165) is 39.1 Å². The minimum atomic E-state index is 0.150. The molecule has 2 heterocycles. The van der Waals surface area contributed by atoms with Gasteiger partial charge in [-0.25, -0.2) is 9.50 Å². The van der Waals surface area contributed by atoms with Crippen molar-refractivity contribution in [3.8, 4) is 0 Å². The number of benzene rings is 2. The van der Waals surface area contributed by atoms with E-state index in [1.165, 1.54) is 0 Å². The molecule has 0 aliphatic heterocycles. The van der Waals surface area contributed by atoms with Gasteiger partial charge in [-0.15, -0.1) is 0 Å². The molecule has 0 spiro atoms. The number of hydrogen-bond donors (Lipinski definition) is 0. The highest BCUT2D eigenvalue weighted by Gasteiger charge is 2.19. The van der Waals surface area contributed by atoms with Crippen LogP contribution in [0.2, 0.25) is 0 Å². The zero-order chi connectivity index (χ0) is 21.3. The van der Waals surface area contributed by atoms with Gasteiger partial charge in [0.1, 0.15) is 0 Å². The first-order chi connectivity index (χ1) is 14.5. The monoisotopic (exact) mass is 400 g/mol. The molecule has 4 aromatic rings. The highest BCUT2D eigenvalue weighted by molar-refractivity contribution is 5.92. The molecule has 4 rings (SSSR count). The minimum absolute atomic E-state index is 0.150. The van der Waals surface area contributed by atoms with Crippen LogP contribution in [0.3, 0.4) is 0 Å². The number of carbonyl (C=O) groups is 1. The average molecular weight is 401 g/mol. The molecule has 0 radical (unpaired) electrons. The van der Waals surface area contributed by atoms with Crippen molar-refractivity contribution in [1.82, 2.24) is 19.5 Å². The van der Waals surface area contributed by atoms with Crippen molar-refractivity contribution in [1.29, 1.82) is 0 Å². The second-order valence-corrected chi connectivity index (χ2v) is 8.11. The maximum absolute atomic E-state index is 13.1. The van der Waals surface area contributed by atoms with Crippen LogP contribution in [0.4, 0.5) is 0 Å². The van der Waals surface area contributed by atoms with Crippen LogP contribution in [0.15, 0.2) is 54.6 Å². The summed E-state index contributed by atoms with van der Waals surface area (Å²) in [7, 11) is 0. The largest absolute Gasteiger partial charge is 0.336 e. The smallest absolute Gasteiger partial charge is 0.223 e. The molecule has 0 saturated heterocycles. The molecule has 1 amide bonds. The summed E-state index contributed by atoms with van der Waals surface area (Å²) < 4.78 is 1.92. The first kappa shape index (κ1) is 20.1. The molecule has 0 saturated carbocycles. The predicted molar refractivity (Wildman–Crippen MR) is 120 cm³/mol. The summed E-state index contributed by atoms with van der Waals surface area (Å²) in [6.07, 6.45) is 1.12. The van der Waals surface area contributed by atoms with Crippen molar-refractivity contribution >= 4 is 22.5 Å². The number of aryl methyl sites for hydroxylation is 2. The summed E-state index contributed by atoms with van der Waals surface area (Å²) in [5.74, 6) is 0.165. The van der Waals surface area contributed by atoms with E-state index in [0.29, 0.717) is 19.4 Å². The Balaban J connectivity index is 1.57. The van der Waals surface area contributed by atoms with Gasteiger partial charge in [-0.2, -0.15) is 5.10 Å². The van der Waals surface area contributed by atoms with E-state index in [1.807, 2.05) is 52.7 Å². The van der Waals surface area contributed by atoms with E-state index in [1.54, 1.807) is 0 Å². The van der Waals surface area contributed by atoms with Crippen LogP contribution < -0.4 is 0 Å². The normalized spacial score (nSPS) is 11.5. The van der Waals surface area contributed by atoms with Crippen LogP contribution in [0.1, 0.15) is 42.8 Å². The third kappa shape index (κ3) is 3.80. The van der Waals surface area contributed by atoms with Gasteiger partial charge in [-0.05, 0) is 57.4 Å². The number of carbonyl (C=O) groups excluding carboxylic acids is 1. The molecule has 2 aromatic carbocycles. The summed E-state index contributed by atoms with van der Waals surface area (Å²) in [4.78, 5) is 19.9. The number of hydrogen-bond acceptors (Lipinski definition) is 3. The van der Waals surface area contributed by atoms with E-state index < -0.39 is 0 Å². The van der Waals surface area contributed by atoms with Crippen molar-refractivity contribution in [3.63, 3.8) is 0 Å². The van der Waals surface area contributed by atoms with Crippen LogP contribution in [-0.4, -0.2) is 31.4 Å². The van der Waals surface area contributed by atoms with Crippen LogP contribution in [0.5, 0.6) is 0 Å². The summed E-state index contributed by atoms with van der Waals surface area (Å²) in [6, 6.07) is 18.4. The fraction of sp³-hybridized carbons (Fsp3) is 0.320. The maximum atomic E-state index is 13.1. The first-order valence-corrected chi connectivity index (χ1v) is 10.5. The van der Waals surface area contributed by atoms with E-state index in [2.05, 4.69) is 39.0 Å². The summed E-state index contributed by atoms with van der Waals surface area (Å²) >= 11 is 0. The Bertz CT molecular complexity index is 1190. The standard InChI is InChI=1S/C25H28N4O/c1-17(2)28(16-20-10-6-5-7-11-20)24(30)15-14-21-18(3)26-25-22-12-8-9-13-23(22)27-29(25)19(21)4/h5-13,17H,14-16H2,1-4H3. The Labute approximate surface area is 177 Å². The number of aromatic nitrogens is 3. The highest BCUT2D eigenvalue weighted by Crippen LogP contribution is 2.23. The molecule has 0 bridgehead atoms. The van der Waals surface area contributed by atoms with E-state index in [9.17, 15) is 4.79 Å². The van der Waals surface area contributed by atoms with Crippen LogP contribution in [0.25, 0.3) is 16.6 Å². The number of rotatable bonds is 6. The van der Waals surface area contributed by atoms with E-state index in [-0.39, 0.29) is 11.9 Å². The Morgan fingerprint density at radius 1 is 1.03 bits per heavy atom. The fourth-order valence-corrected chi connectivity index (χ4v) is 4.05. The summed E-state index contributed by atoms with van der Waals surface area (Å²) in [5.41, 5.74) is 6.10. The Morgan fingerprint density at radius 2 is 1.73 bits per heavy atom. The molecule has 0 unspecified atom stereocenters. The number of fused-ring (bicyclic) bond motifs is 3. The molecule has 154 valence electrons. The topological polar surface area (TPSA) is 50.5 Å². The maximum Gasteiger partial charge on any atom is 0.223 e. The molecule has 5 heteroatoms. The molecule has 0 aliphatic rings. The predicted octanol–water partition coefficient (Wildman–Crippen LogP) is 4.87. The molecule has 0 N–H and O–H groups in total. The van der Waals surface area contributed by atoms with Gasteiger partial charge in [0, 0.05) is 35.8 Å². The van der Waals surface area contributed by atoms with Crippen molar-refractivity contribution in [2.45, 2.75) is 53.1 Å². The molecule has 0 aliphatic carbocycles. The lowest BCUT2D eigenvalue weighted by Gasteiger charge is -2.27. The van der Waals surface area contributed by atoms with Gasteiger partial charge in [0.15, 0.2) is 5.65 Å². The minimum Gasteiger partial charge on any atom is -0.336 e. The van der Waals surface area contributed by atoms with Gasteiger partial charge < -0.3 is 4.90 Å². The second-order valence-electron chi connectivity index (χ2n) is 8.11. The van der Waals surface area contributed by atoms with Crippen LogP contribution in [-0.2, 0) is 17.8 Å². The van der Waals surface area contributed by atoms with E-state index in [4.69, 9.17) is 10.1 Å². The van der Waals surface area contributed by atoms with E-state index >= 15 is 0 Å². The van der Waals surface area contributed by atoms with Gasteiger partial charge in [-0.1, -0.05) is 42.5 Å². The fourth-order valence-electron chi connectivity index (χ4n) is 4.05. The Morgan fingerprint density at radius 3 is 2.47 bits per heavy atom. The third-order valence-electron chi connectivity index (χ3n) is 5.75. The highest BCUT2D eigenvalue weighted by atomic mass is 16.2. The van der Waals surface area contributed by atoms with Crippen molar-refractivity contribution < 1.29 is 4.79 Å². The molecule has 0 fully saturated rings. The van der Waals surface area contributed by atoms with Crippen molar-refractivity contribution in [3.05, 3.63) is 77.1 Å². The van der Waals surface area contributed by atoms with Gasteiger partial charge in [0.25, 0.3) is 0 Å². The Hall–Kier alpha value is -3.21.